The lowest BCUT2D eigenvalue weighted by Crippen LogP contribution is -2.25. The molecule has 1 fully saturated rings. The Kier molecular flexibility index (Phi) is 6.88. The molecule has 1 saturated carbocycles. The molecule has 0 bridgehead atoms. The average Bonchev–Trinajstić information content (AvgIpc) is 3.08. The Morgan fingerprint density at radius 2 is 1.77 bits per heavy atom. The van der Waals surface area contributed by atoms with Gasteiger partial charge < -0.3 is 5.32 Å². The number of rotatable bonds is 4. The predicted octanol–water partition coefficient (Wildman–Crippen LogP) is 6.99. The van der Waals surface area contributed by atoms with E-state index in [1.807, 2.05) is 24.3 Å². The van der Waals surface area contributed by atoms with Crippen LogP contribution in [0.1, 0.15) is 37.7 Å². The van der Waals surface area contributed by atoms with Crippen molar-refractivity contribution in [3.8, 4) is 0 Å². The minimum atomic E-state index is -0.358. The third-order valence-corrected chi connectivity index (χ3v) is 7.38. The van der Waals surface area contributed by atoms with Crippen LogP contribution in [0.15, 0.2) is 56.9 Å². The standard InChI is InChI=1S/C22H20BrCl2N3OS/c23-15-6-4-14(5-7-15)20-21(28-22(27-20)10-2-1-3-11-22)30-13-19(29)26-16-8-9-17(24)18(25)12-16/h4-9,12H,1-3,10-11,13H2,(H,26,29). The van der Waals surface area contributed by atoms with E-state index in [2.05, 4.69) is 21.2 Å². The quantitative estimate of drug-likeness (QED) is 0.468. The second-order valence-corrected chi connectivity index (χ2v) is 10.1. The Morgan fingerprint density at radius 3 is 2.47 bits per heavy atom. The van der Waals surface area contributed by atoms with Crippen molar-refractivity contribution in [1.82, 2.24) is 0 Å². The first-order chi connectivity index (χ1) is 14.4. The highest BCUT2D eigenvalue weighted by molar-refractivity contribution is 9.10. The van der Waals surface area contributed by atoms with Gasteiger partial charge in [-0.3, -0.25) is 9.79 Å². The number of halogens is 3. The van der Waals surface area contributed by atoms with Crippen LogP contribution in [0.4, 0.5) is 5.69 Å². The lowest BCUT2D eigenvalue weighted by Gasteiger charge is -2.27. The van der Waals surface area contributed by atoms with E-state index in [4.69, 9.17) is 33.2 Å². The van der Waals surface area contributed by atoms with E-state index in [0.29, 0.717) is 15.7 Å². The number of hydrogen-bond donors (Lipinski definition) is 1. The van der Waals surface area contributed by atoms with Gasteiger partial charge in [0, 0.05) is 15.7 Å². The maximum Gasteiger partial charge on any atom is 0.234 e. The molecule has 30 heavy (non-hydrogen) atoms. The second-order valence-electron chi connectivity index (χ2n) is 7.39. The molecule has 0 aromatic heterocycles. The van der Waals surface area contributed by atoms with Gasteiger partial charge in [-0.1, -0.05) is 69.4 Å². The molecule has 156 valence electrons. The number of nitrogens with one attached hydrogen (secondary N) is 1. The van der Waals surface area contributed by atoms with E-state index < -0.39 is 0 Å². The van der Waals surface area contributed by atoms with Gasteiger partial charge in [0.1, 0.15) is 5.04 Å². The lowest BCUT2D eigenvalue weighted by molar-refractivity contribution is -0.113. The summed E-state index contributed by atoms with van der Waals surface area (Å²) < 4.78 is 1.02. The largest absolute Gasteiger partial charge is 0.325 e. The minimum Gasteiger partial charge on any atom is -0.325 e. The highest BCUT2D eigenvalue weighted by Crippen LogP contribution is 2.39. The highest BCUT2D eigenvalue weighted by atomic mass is 79.9. The predicted molar refractivity (Wildman–Crippen MR) is 131 cm³/mol. The summed E-state index contributed by atoms with van der Waals surface area (Å²) in [5, 5.41) is 4.56. The van der Waals surface area contributed by atoms with Crippen LogP contribution in [0.5, 0.6) is 0 Å². The number of hydrogen-bond acceptors (Lipinski definition) is 4. The van der Waals surface area contributed by atoms with Crippen molar-refractivity contribution in [2.24, 2.45) is 9.98 Å². The normalized spacial score (nSPS) is 17.6. The molecule has 1 aliphatic heterocycles. The summed E-state index contributed by atoms with van der Waals surface area (Å²) in [6.45, 7) is 0. The van der Waals surface area contributed by atoms with Gasteiger partial charge in [-0.05, 0) is 56.0 Å². The smallest absolute Gasteiger partial charge is 0.234 e. The van der Waals surface area contributed by atoms with Gasteiger partial charge in [-0.25, -0.2) is 4.99 Å². The zero-order chi connectivity index (χ0) is 21.1. The fourth-order valence-electron chi connectivity index (χ4n) is 3.67. The SMILES string of the molecule is O=C(CSC1=NC2(CCCCC2)N=C1c1ccc(Br)cc1)Nc1ccc(Cl)c(Cl)c1. The van der Waals surface area contributed by atoms with Gasteiger partial charge in [0.15, 0.2) is 5.66 Å². The molecule has 0 saturated heterocycles. The van der Waals surface area contributed by atoms with E-state index in [0.717, 1.165) is 46.5 Å². The number of carbonyl (C=O) groups excluding carboxylic acids is 1. The fourth-order valence-corrected chi connectivity index (χ4v) is 5.10. The Bertz CT molecular complexity index is 1020. The number of thioether (sulfide) groups is 1. The number of amides is 1. The van der Waals surface area contributed by atoms with Crippen LogP contribution < -0.4 is 5.32 Å². The van der Waals surface area contributed by atoms with Crippen molar-refractivity contribution in [2.45, 2.75) is 37.8 Å². The summed E-state index contributed by atoms with van der Waals surface area (Å²) in [6.07, 6.45) is 5.43. The topological polar surface area (TPSA) is 53.8 Å². The van der Waals surface area contributed by atoms with E-state index >= 15 is 0 Å². The summed E-state index contributed by atoms with van der Waals surface area (Å²) in [7, 11) is 0. The van der Waals surface area contributed by atoms with E-state index in [1.165, 1.54) is 18.2 Å². The number of aliphatic imine (C=N–C) groups is 2. The Morgan fingerprint density at radius 1 is 1.03 bits per heavy atom. The van der Waals surface area contributed by atoms with Crippen molar-refractivity contribution in [3.05, 3.63) is 62.5 Å². The average molecular weight is 525 g/mol. The molecule has 8 heteroatoms. The van der Waals surface area contributed by atoms with Crippen molar-refractivity contribution >= 4 is 73.2 Å². The molecule has 2 aromatic rings. The number of benzene rings is 2. The van der Waals surface area contributed by atoms with Crippen LogP contribution in [0.3, 0.4) is 0 Å². The first-order valence-electron chi connectivity index (χ1n) is 9.78. The number of anilines is 1. The van der Waals surface area contributed by atoms with Crippen LogP contribution in [0.2, 0.25) is 10.0 Å². The molecule has 0 unspecified atom stereocenters. The zero-order valence-electron chi connectivity index (χ0n) is 16.1. The molecular formula is C22H20BrCl2N3OS. The molecule has 1 N–H and O–H groups in total. The van der Waals surface area contributed by atoms with Crippen molar-refractivity contribution < 1.29 is 4.79 Å². The number of carbonyl (C=O) groups is 1. The van der Waals surface area contributed by atoms with Gasteiger partial charge in [-0.2, -0.15) is 0 Å². The Balaban J connectivity index is 1.49. The van der Waals surface area contributed by atoms with Crippen LogP contribution in [0, 0.1) is 0 Å². The molecule has 1 heterocycles. The molecular weight excluding hydrogens is 505 g/mol. The van der Waals surface area contributed by atoms with Gasteiger partial charge in [-0.15, -0.1) is 0 Å². The Hall–Kier alpha value is -1.34. The van der Waals surface area contributed by atoms with Gasteiger partial charge in [0.05, 0.1) is 21.5 Å². The second kappa shape index (κ2) is 9.43. The fraction of sp³-hybridized carbons (Fsp3) is 0.318. The lowest BCUT2D eigenvalue weighted by atomic mass is 9.90. The van der Waals surface area contributed by atoms with Crippen LogP contribution in [-0.4, -0.2) is 28.1 Å². The molecule has 4 rings (SSSR count). The molecule has 2 aliphatic rings. The molecule has 1 amide bonds. The first-order valence-corrected chi connectivity index (χ1v) is 12.3. The maximum atomic E-state index is 12.5. The van der Waals surface area contributed by atoms with Gasteiger partial charge in [0.25, 0.3) is 0 Å². The van der Waals surface area contributed by atoms with Crippen LogP contribution >= 0.6 is 50.9 Å². The maximum absolute atomic E-state index is 12.5. The number of nitrogens with zero attached hydrogens (tertiary/aromatic N) is 2. The zero-order valence-corrected chi connectivity index (χ0v) is 20.0. The van der Waals surface area contributed by atoms with Crippen LogP contribution in [0.25, 0.3) is 0 Å². The third kappa shape index (κ3) is 5.10. The molecule has 2 aromatic carbocycles. The molecule has 1 spiro atoms. The summed E-state index contributed by atoms with van der Waals surface area (Å²) in [4.78, 5) is 22.6. The van der Waals surface area contributed by atoms with Crippen molar-refractivity contribution in [1.29, 1.82) is 0 Å². The summed E-state index contributed by atoms with van der Waals surface area (Å²) in [5.74, 6) is 0.117. The van der Waals surface area contributed by atoms with E-state index in [-0.39, 0.29) is 17.3 Å². The monoisotopic (exact) mass is 523 g/mol. The highest BCUT2D eigenvalue weighted by Gasteiger charge is 2.37. The van der Waals surface area contributed by atoms with Gasteiger partial charge in [0.2, 0.25) is 5.91 Å². The van der Waals surface area contributed by atoms with Crippen LogP contribution in [-0.2, 0) is 4.79 Å². The summed E-state index contributed by atoms with van der Waals surface area (Å²) >= 11 is 16.9. The molecule has 1 aliphatic carbocycles. The molecule has 0 radical (unpaired) electrons. The first kappa shape index (κ1) is 21.9. The van der Waals surface area contributed by atoms with Crippen molar-refractivity contribution in [2.75, 3.05) is 11.1 Å². The van der Waals surface area contributed by atoms with Crippen molar-refractivity contribution in [3.63, 3.8) is 0 Å². The van der Waals surface area contributed by atoms with E-state index in [1.54, 1.807) is 18.2 Å². The van der Waals surface area contributed by atoms with Gasteiger partial charge >= 0.3 is 0 Å². The Labute approximate surface area is 198 Å². The molecule has 4 nitrogen and oxygen atoms in total. The molecule has 0 atom stereocenters. The third-order valence-electron chi connectivity index (χ3n) is 5.15. The summed E-state index contributed by atoms with van der Waals surface area (Å²) in [5.41, 5.74) is 2.17. The van der Waals surface area contributed by atoms with E-state index in [9.17, 15) is 4.79 Å². The minimum absolute atomic E-state index is 0.124. The summed E-state index contributed by atoms with van der Waals surface area (Å²) in [6, 6.07) is 13.1.